The number of nitrogens with one attached hydrogen (secondary N) is 2. The highest BCUT2D eigenvalue weighted by Gasteiger charge is 2.29. The maximum Gasteiger partial charge on any atom is 0.407 e. The van der Waals surface area contributed by atoms with Crippen molar-refractivity contribution in [2.45, 2.75) is 38.6 Å². The van der Waals surface area contributed by atoms with Crippen molar-refractivity contribution < 1.29 is 24.2 Å². The molecule has 172 valence electrons. The molecule has 1 unspecified atom stereocenters. The van der Waals surface area contributed by atoms with Gasteiger partial charge in [-0.3, -0.25) is 4.79 Å². The van der Waals surface area contributed by atoms with Crippen LogP contribution in [0.2, 0.25) is 0 Å². The molecule has 2 amide bonds. The molecule has 7 heteroatoms. The van der Waals surface area contributed by atoms with E-state index in [2.05, 4.69) is 28.7 Å². The van der Waals surface area contributed by atoms with Gasteiger partial charge in [0, 0.05) is 11.8 Å². The molecule has 0 spiro atoms. The second kappa shape index (κ2) is 11.2. The molecule has 0 aliphatic heterocycles. The van der Waals surface area contributed by atoms with Crippen LogP contribution in [-0.2, 0) is 14.3 Å². The number of ether oxygens (including phenoxy) is 1. The quantitative estimate of drug-likeness (QED) is 0.536. The van der Waals surface area contributed by atoms with Crippen molar-refractivity contribution in [1.29, 1.82) is 0 Å². The molecule has 0 fully saturated rings. The third-order valence-electron chi connectivity index (χ3n) is 5.53. The Balaban J connectivity index is 1.62. The van der Waals surface area contributed by atoms with Crippen LogP contribution >= 0.6 is 0 Å². The number of amides is 2. The number of carbonyl (C=O) groups excluding carboxylic acids is 2. The number of carbonyl (C=O) groups is 3. The summed E-state index contributed by atoms with van der Waals surface area (Å²) in [6.45, 7) is 4.10. The van der Waals surface area contributed by atoms with E-state index in [9.17, 15) is 14.4 Å². The molecule has 7 nitrogen and oxygen atoms in total. The Morgan fingerprint density at radius 3 is 2.18 bits per heavy atom. The highest BCUT2D eigenvalue weighted by Crippen LogP contribution is 2.44. The van der Waals surface area contributed by atoms with Crippen LogP contribution in [0.3, 0.4) is 0 Å². The van der Waals surface area contributed by atoms with Gasteiger partial charge in [0.25, 0.3) is 0 Å². The van der Waals surface area contributed by atoms with Crippen molar-refractivity contribution in [1.82, 2.24) is 10.6 Å². The number of alkyl carbamates (subject to hydrolysis) is 1. The van der Waals surface area contributed by atoms with Crippen LogP contribution in [0.5, 0.6) is 0 Å². The van der Waals surface area contributed by atoms with Gasteiger partial charge < -0.3 is 20.5 Å². The highest BCUT2D eigenvalue weighted by molar-refractivity contribution is 5.87. The summed E-state index contributed by atoms with van der Waals surface area (Å²) in [7, 11) is 0. The first-order valence-electron chi connectivity index (χ1n) is 11.0. The first kappa shape index (κ1) is 23.9. The Kier molecular flexibility index (Phi) is 8.09. The summed E-state index contributed by atoms with van der Waals surface area (Å²) in [4.78, 5) is 35.6. The lowest BCUT2D eigenvalue weighted by Gasteiger charge is -2.20. The van der Waals surface area contributed by atoms with Crippen molar-refractivity contribution in [3.05, 3.63) is 59.7 Å². The Morgan fingerprint density at radius 1 is 1.00 bits per heavy atom. The molecule has 0 saturated carbocycles. The number of carboxylic acids is 1. The van der Waals surface area contributed by atoms with Gasteiger partial charge in [0.2, 0.25) is 5.91 Å². The van der Waals surface area contributed by atoms with Gasteiger partial charge in [-0.2, -0.15) is 0 Å². The van der Waals surface area contributed by atoms with E-state index in [1.807, 2.05) is 56.2 Å². The molecule has 3 rings (SSSR count). The Labute approximate surface area is 193 Å². The lowest BCUT2D eigenvalue weighted by atomic mass is 9.98. The summed E-state index contributed by atoms with van der Waals surface area (Å²) in [5.41, 5.74) is 4.49. The lowest BCUT2D eigenvalue weighted by Crippen LogP contribution is -2.47. The van der Waals surface area contributed by atoms with Gasteiger partial charge in [-0.05, 0) is 41.0 Å². The van der Waals surface area contributed by atoms with E-state index in [0.29, 0.717) is 12.3 Å². The summed E-state index contributed by atoms with van der Waals surface area (Å²) in [6, 6.07) is 15.3. The number of hydrogen-bond acceptors (Lipinski definition) is 4. The zero-order valence-electron chi connectivity index (χ0n) is 18.8. The Morgan fingerprint density at radius 2 is 1.61 bits per heavy atom. The molecule has 2 aromatic rings. The Bertz CT molecular complexity index is 1040. The molecule has 0 bridgehead atoms. The second-order valence-electron chi connectivity index (χ2n) is 8.32. The van der Waals surface area contributed by atoms with Gasteiger partial charge in [0.05, 0.1) is 6.54 Å². The van der Waals surface area contributed by atoms with Crippen LogP contribution in [-0.4, -0.2) is 42.3 Å². The Hall–Kier alpha value is -3.79. The van der Waals surface area contributed by atoms with Crippen LogP contribution < -0.4 is 10.6 Å². The number of hydrogen-bond donors (Lipinski definition) is 3. The van der Waals surface area contributed by atoms with E-state index in [0.717, 1.165) is 28.7 Å². The molecule has 0 aromatic heterocycles. The predicted molar refractivity (Wildman–Crippen MR) is 124 cm³/mol. The molecule has 2 aromatic carbocycles. The van der Waals surface area contributed by atoms with E-state index in [-0.39, 0.29) is 19.1 Å². The van der Waals surface area contributed by atoms with Crippen LogP contribution in [0.4, 0.5) is 4.79 Å². The number of rotatable bonds is 8. The summed E-state index contributed by atoms with van der Waals surface area (Å²) >= 11 is 0. The summed E-state index contributed by atoms with van der Waals surface area (Å²) in [6.07, 6.45) is 0.486. The van der Waals surface area contributed by atoms with E-state index < -0.39 is 24.0 Å². The van der Waals surface area contributed by atoms with Gasteiger partial charge in [-0.1, -0.05) is 68.3 Å². The van der Waals surface area contributed by atoms with E-state index in [1.165, 1.54) is 0 Å². The van der Waals surface area contributed by atoms with Crippen LogP contribution in [0, 0.1) is 17.8 Å². The number of fused-ring (bicyclic) bond motifs is 3. The van der Waals surface area contributed by atoms with Crippen molar-refractivity contribution in [2.24, 2.45) is 5.92 Å². The van der Waals surface area contributed by atoms with Crippen molar-refractivity contribution >= 4 is 18.0 Å². The summed E-state index contributed by atoms with van der Waals surface area (Å²) in [5.74, 6) is 2.86. The summed E-state index contributed by atoms with van der Waals surface area (Å²) < 4.78 is 5.55. The smallest absolute Gasteiger partial charge is 0.407 e. The fourth-order valence-electron chi connectivity index (χ4n) is 3.93. The fourth-order valence-corrected chi connectivity index (χ4v) is 3.93. The zero-order chi connectivity index (χ0) is 23.8. The molecule has 33 heavy (non-hydrogen) atoms. The molecule has 3 N–H and O–H groups in total. The molecule has 1 atom stereocenters. The van der Waals surface area contributed by atoms with Gasteiger partial charge in [-0.15, -0.1) is 0 Å². The first-order chi connectivity index (χ1) is 15.9. The SMILES string of the molecule is CC(C)CCC(NC(=O)OCC1c2ccccc2-c2ccccc21)C(=O)NCC#CC(=O)O. The first-order valence-corrected chi connectivity index (χ1v) is 11.0. The fraction of sp³-hybridized carbons (Fsp3) is 0.346. The van der Waals surface area contributed by atoms with Crippen molar-refractivity contribution in [3.63, 3.8) is 0 Å². The third kappa shape index (κ3) is 6.36. The normalized spacial score (nSPS) is 12.7. The topological polar surface area (TPSA) is 105 Å². The van der Waals surface area contributed by atoms with Gasteiger partial charge in [-0.25, -0.2) is 9.59 Å². The van der Waals surface area contributed by atoms with Crippen LogP contribution in [0.25, 0.3) is 11.1 Å². The van der Waals surface area contributed by atoms with Crippen LogP contribution in [0.15, 0.2) is 48.5 Å². The van der Waals surface area contributed by atoms with E-state index in [4.69, 9.17) is 9.84 Å². The largest absolute Gasteiger partial charge is 0.472 e. The average Bonchev–Trinajstić information content (AvgIpc) is 3.11. The lowest BCUT2D eigenvalue weighted by molar-refractivity contribution is -0.130. The van der Waals surface area contributed by atoms with E-state index >= 15 is 0 Å². The minimum atomic E-state index is -1.27. The highest BCUT2D eigenvalue weighted by atomic mass is 16.5. The van der Waals surface area contributed by atoms with Crippen molar-refractivity contribution in [2.75, 3.05) is 13.2 Å². The zero-order valence-corrected chi connectivity index (χ0v) is 18.8. The van der Waals surface area contributed by atoms with Crippen LogP contribution in [0.1, 0.15) is 43.7 Å². The number of aliphatic carboxylic acids is 1. The minimum Gasteiger partial charge on any atom is -0.472 e. The molecule has 0 radical (unpaired) electrons. The molecular weight excluding hydrogens is 420 g/mol. The van der Waals surface area contributed by atoms with Gasteiger partial charge in [0.15, 0.2) is 0 Å². The maximum atomic E-state index is 12.6. The maximum absolute atomic E-state index is 12.6. The minimum absolute atomic E-state index is 0.0719. The van der Waals surface area contributed by atoms with Crippen molar-refractivity contribution in [3.8, 4) is 23.0 Å². The monoisotopic (exact) mass is 448 g/mol. The third-order valence-corrected chi connectivity index (χ3v) is 5.53. The number of carboxylic acid groups (broad SMARTS) is 1. The molecule has 1 aliphatic carbocycles. The second-order valence-corrected chi connectivity index (χ2v) is 8.32. The molecule has 1 aliphatic rings. The summed E-state index contributed by atoms with van der Waals surface area (Å²) in [5, 5.41) is 13.8. The standard InChI is InChI=1S/C26H28N2O5/c1-17(2)13-14-23(25(31)27-15-7-12-24(29)30)28-26(32)33-16-22-20-10-5-3-8-18(20)19-9-4-6-11-21(19)22/h3-6,8-11,17,22-23H,13-16H2,1-2H3,(H,27,31)(H,28,32)(H,29,30). The average molecular weight is 449 g/mol. The van der Waals surface area contributed by atoms with E-state index in [1.54, 1.807) is 0 Å². The van der Waals surface area contributed by atoms with Gasteiger partial charge >= 0.3 is 12.1 Å². The van der Waals surface area contributed by atoms with Gasteiger partial charge in [0.1, 0.15) is 12.6 Å². The predicted octanol–water partition coefficient (Wildman–Crippen LogP) is 3.53. The molecule has 0 saturated heterocycles. The molecule has 0 heterocycles. The molecular formula is C26H28N2O5. The number of benzene rings is 2.